The Morgan fingerprint density at radius 3 is 2.67 bits per heavy atom. The van der Waals surface area contributed by atoms with Crippen LogP contribution >= 0.6 is 0 Å². The summed E-state index contributed by atoms with van der Waals surface area (Å²) in [4.78, 5) is 20.9. The molecular weight excluding hydrogens is 395 g/mol. The molecular formula is C22H18F3N3O2. The number of nitrogens with one attached hydrogen (secondary N) is 1. The molecule has 0 bridgehead atoms. The van der Waals surface area contributed by atoms with Crippen molar-refractivity contribution in [1.29, 1.82) is 0 Å². The number of ether oxygens (including phenoxy) is 1. The highest BCUT2D eigenvalue weighted by Crippen LogP contribution is 2.40. The van der Waals surface area contributed by atoms with Crippen molar-refractivity contribution < 1.29 is 22.7 Å². The standard InChI is InChI=1S/C22H18F3N3O2/c1-21(20(29)28-13-14-5-8-26-9-6-14)12-18-17(7-10-27-19(18)30-21)15-3-2-4-16(11-15)22(23,24)25/h2-11H,12-13H2,1H3,(H,28,29). The molecule has 1 aliphatic rings. The molecule has 154 valence electrons. The molecule has 4 rings (SSSR count). The number of aromatic nitrogens is 2. The van der Waals surface area contributed by atoms with Crippen molar-refractivity contribution in [1.82, 2.24) is 15.3 Å². The fourth-order valence-electron chi connectivity index (χ4n) is 3.45. The van der Waals surface area contributed by atoms with Gasteiger partial charge in [0.05, 0.1) is 5.56 Å². The summed E-state index contributed by atoms with van der Waals surface area (Å²) in [6.07, 6.45) is 0.496. The first-order valence-electron chi connectivity index (χ1n) is 9.28. The maximum Gasteiger partial charge on any atom is 0.416 e. The summed E-state index contributed by atoms with van der Waals surface area (Å²) in [5.41, 5.74) is 0.520. The van der Waals surface area contributed by atoms with Crippen LogP contribution in [-0.4, -0.2) is 21.5 Å². The predicted molar refractivity (Wildman–Crippen MR) is 103 cm³/mol. The number of halogens is 3. The van der Waals surface area contributed by atoms with Crippen molar-refractivity contribution in [2.24, 2.45) is 0 Å². The van der Waals surface area contributed by atoms with Crippen molar-refractivity contribution >= 4 is 5.91 Å². The Labute approximate surface area is 170 Å². The van der Waals surface area contributed by atoms with Crippen molar-refractivity contribution in [3.05, 3.63) is 77.7 Å². The van der Waals surface area contributed by atoms with Gasteiger partial charge in [-0.2, -0.15) is 13.2 Å². The van der Waals surface area contributed by atoms with Crippen LogP contribution in [0.25, 0.3) is 11.1 Å². The van der Waals surface area contributed by atoms with Gasteiger partial charge in [0.25, 0.3) is 5.91 Å². The number of hydrogen-bond donors (Lipinski definition) is 1. The van der Waals surface area contributed by atoms with E-state index in [0.29, 0.717) is 23.2 Å². The molecule has 3 aromatic rings. The van der Waals surface area contributed by atoms with Gasteiger partial charge in [-0.05, 0) is 53.9 Å². The second kappa shape index (κ2) is 7.44. The predicted octanol–water partition coefficient (Wildman–Crippen LogP) is 4.17. The zero-order chi connectivity index (χ0) is 21.4. The lowest BCUT2D eigenvalue weighted by Crippen LogP contribution is -2.47. The first kappa shape index (κ1) is 19.9. The molecule has 30 heavy (non-hydrogen) atoms. The van der Waals surface area contributed by atoms with Gasteiger partial charge < -0.3 is 10.1 Å². The zero-order valence-electron chi connectivity index (χ0n) is 16.0. The van der Waals surface area contributed by atoms with Crippen molar-refractivity contribution in [3.8, 4) is 17.0 Å². The number of pyridine rings is 2. The Kier molecular flexibility index (Phi) is 4.93. The molecule has 0 spiro atoms. The van der Waals surface area contributed by atoms with Crippen molar-refractivity contribution in [2.45, 2.75) is 31.7 Å². The highest BCUT2D eigenvalue weighted by atomic mass is 19.4. The number of carbonyl (C=O) groups is 1. The average Bonchev–Trinajstić information content (AvgIpc) is 3.10. The smallest absolute Gasteiger partial charge is 0.416 e. The number of amides is 1. The van der Waals surface area contributed by atoms with Crippen LogP contribution in [0.5, 0.6) is 5.88 Å². The highest BCUT2D eigenvalue weighted by Gasteiger charge is 2.43. The van der Waals surface area contributed by atoms with E-state index in [9.17, 15) is 18.0 Å². The molecule has 3 heterocycles. The lowest BCUT2D eigenvalue weighted by Gasteiger charge is -2.22. The van der Waals surface area contributed by atoms with E-state index in [0.717, 1.165) is 17.7 Å². The zero-order valence-corrected chi connectivity index (χ0v) is 16.0. The van der Waals surface area contributed by atoms with Gasteiger partial charge in [0.1, 0.15) is 0 Å². The molecule has 1 unspecified atom stereocenters. The first-order chi connectivity index (χ1) is 14.3. The molecule has 0 aliphatic carbocycles. The third kappa shape index (κ3) is 3.85. The number of rotatable bonds is 4. The minimum Gasteiger partial charge on any atom is -0.461 e. The van der Waals surface area contributed by atoms with Gasteiger partial charge in [-0.3, -0.25) is 9.78 Å². The third-order valence-electron chi connectivity index (χ3n) is 5.04. The van der Waals surface area contributed by atoms with E-state index in [1.807, 2.05) is 0 Å². The van der Waals surface area contributed by atoms with Gasteiger partial charge in [-0.25, -0.2) is 4.98 Å². The van der Waals surface area contributed by atoms with E-state index in [1.54, 1.807) is 43.6 Å². The first-order valence-corrected chi connectivity index (χ1v) is 9.28. The molecule has 0 fully saturated rings. The minimum absolute atomic E-state index is 0.198. The van der Waals surface area contributed by atoms with E-state index in [-0.39, 0.29) is 18.2 Å². The molecule has 1 N–H and O–H groups in total. The van der Waals surface area contributed by atoms with E-state index in [2.05, 4.69) is 15.3 Å². The maximum absolute atomic E-state index is 13.1. The molecule has 5 nitrogen and oxygen atoms in total. The Balaban J connectivity index is 1.58. The molecule has 8 heteroatoms. The number of hydrogen-bond acceptors (Lipinski definition) is 4. The normalized spacial score (nSPS) is 17.9. The van der Waals surface area contributed by atoms with Gasteiger partial charge in [0.2, 0.25) is 5.88 Å². The summed E-state index contributed by atoms with van der Waals surface area (Å²) >= 11 is 0. The second-order valence-electron chi connectivity index (χ2n) is 7.27. The Morgan fingerprint density at radius 1 is 1.17 bits per heavy atom. The lowest BCUT2D eigenvalue weighted by molar-refractivity contribution is -0.137. The fourth-order valence-corrected chi connectivity index (χ4v) is 3.45. The van der Waals surface area contributed by atoms with Gasteiger partial charge >= 0.3 is 6.18 Å². The van der Waals surface area contributed by atoms with Gasteiger partial charge in [0.15, 0.2) is 5.60 Å². The number of fused-ring (bicyclic) bond motifs is 1. The Hall–Kier alpha value is -3.42. The monoisotopic (exact) mass is 413 g/mol. The molecule has 1 atom stereocenters. The molecule has 0 radical (unpaired) electrons. The van der Waals surface area contributed by atoms with Crippen LogP contribution in [0.15, 0.2) is 61.1 Å². The van der Waals surface area contributed by atoms with Crippen LogP contribution in [0.1, 0.15) is 23.6 Å². The van der Waals surface area contributed by atoms with Crippen LogP contribution in [0.4, 0.5) is 13.2 Å². The molecule has 1 aromatic carbocycles. The summed E-state index contributed by atoms with van der Waals surface area (Å²) in [5.74, 6) is -0.0706. The number of carbonyl (C=O) groups excluding carboxylic acids is 1. The van der Waals surface area contributed by atoms with E-state index >= 15 is 0 Å². The molecule has 1 amide bonds. The van der Waals surface area contributed by atoms with Gasteiger partial charge in [0, 0.05) is 37.1 Å². The van der Waals surface area contributed by atoms with Gasteiger partial charge in [-0.15, -0.1) is 0 Å². The summed E-state index contributed by atoms with van der Waals surface area (Å²) in [6.45, 7) is 1.96. The number of alkyl halides is 3. The van der Waals surface area contributed by atoms with E-state index < -0.39 is 17.3 Å². The van der Waals surface area contributed by atoms with Crippen LogP contribution < -0.4 is 10.1 Å². The summed E-state index contributed by atoms with van der Waals surface area (Å²) in [6, 6.07) is 10.3. The Bertz CT molecular complexity index is 1090. The molecule has 0 saturated carbocycles. The summed E-state index contributed by atoms with van der Waals surface area (Å²) in [5, 5.41) is 2.84. The highest BCUT2D eigenvalue weighted by molar-refractivity contribution is 5.87. The number of benzene rings is 1. The lowest BCUT2D eigenvalue weighted by atomic mass is 9.92. The summed E-state index contributed by atoms with van der Waals surface area (Å²) < 4.78 is 45.2. The second-order valence-corrected chi connectivity index (χ2v) is 7.27. The quantitative estimate of drug-likeness (QED) is 0.697. The van der Waals surface area contributed by atoms with Crippen LogP contribution in [0, 0.1) is 0 Å². The average molecular weight is 413 g/mol. The van der Waals surface area contributed by atoms with Gasteiger partial charge in [-0.1, -0.05) is 12.1 Å². The van der Waals surface area contributed by atoms with Crippen LogP contribution in [0.2, 0.25) is 0 Å². The largest absolute Gasteiger partial charge is 0.461 e. The van der Waals surface area contributed by atoms with E-state index in [1.165, 1.54) is 12.3 Å². The SMILES string of the molecule is CC1(C(=O)NCc2ccncc2)Cc2c(-c3cccc(C(F)(F)F)c3)ccnc2O1. The van der Waals surface area contributed by atoms with Crippen LogP contribution in [-0.2, 0) is 23.9 Å². The van der Waals surface area contributed by atoms with Crippen LogP contribution in [0.3, 0.4) is 0 Å². The Morgan fingerprint density at radius 2 is 1.93 bits per heavy atom. The third-order valence-corrected chi connectivity index (χ3v) is 5.04. The van der Waals surface area contributed by atoms with E-state index in [4.69, 9.17) is 4.74 Å². The number of nitrogens with zero attached hydrogens (tertiary/aromatic N) is 2. The fraction of sp³-hybridized carbons (Fsp3) is 0.227. The minimum atomic E-state index is -4.44. The van der Waals surface area contributed by atoms with Crippen molar-refractivity contribution in [2.75, 3.05) is 0 Å². The molecule has 2 aromatic heterocycles. The molecule has 1 aliphatic heterocycles. The summed E-state index contributed by atoms with van der Waals surface area (Å²) in [7, 11) is 0. The van der Waals surface area contributed by atoms with Crippen molar-refractivity contribution in [3.63, 3.8) is 0 Å². The molecule has 0 saturated heterocycles. The topological polar surface area (TPSA) is 64.1 Å². The maximum atomic E-state index is 13.1.